The van der Waals surface area contributed by atoms with Crippen LogP contribution in [0.2, 0.25) is 0 Å². The lowest BCUT2D eigenvalue weighted by molar-refractivity contribution is -0.192. The Kier molecular flexibility index (Phi) is 10.7. The number of β-lactam (4-membered cyclic amide) rings is 1. The predicted octanol–water partition coefficient (Wildman–Crippen LogP) is 6.32. The minimum atomic E-state index is -0.710. The fourth-order valence-corrected chi connectivity index (χ4v) is 5.25. The van der Waals surface area contributed by atoms with Gasteiger partial charge < -0.3 is 19.7 Å². The number of rotatable bonds is 14. The molecule has 0 bridgehead atoms. The van der Waals surface area contributed by atoms with Gasteiger partial charge in [-0.05, 0) is 69.3 Å². The Morgan fingerprint density at radius 2 is 1.68 bits per heavy atom. The summed E-state index contributed by atoms with van der Waals surface area (Å²) in [6, 6.07) is 17.6. The number of nitrogens with zero attached hydrogens (tertiary/aromatic N) is 2. The highest BCUT2D eigenvalue weighted by molar-refractivity contribution is 6.03. The van der Waals surface area contributed by atoms with Gasteiger partial charge in [-0.15, -0.1) is 0 Å². The maximum absolute atomic E-state index is 13.9. The number of ether oxygens (including phenoxy) is 2. The Labute approximate surface area is 228 Å². The van der Waals surface area contributed by atoms with Crippen LogP contribution in [0.15, 0.2) is 54.6 Å². The minimum absolute atomic E-state index is 0.149. The quantitative estimate of drug-likeness (QED) is 0.232. The van der Waals surface area contributed by atoms with Gasteiger partial charge in [0, 0.05) is 26.3 Å². The van der Waals surface area contributed by atoms with Gasteiger partial charge >= 0.3 is 6.03 Å². The molecule has 7 nitrogen and oxygen atoms in total. The summed E-state index contributed by atoms with van der Waals surface area (Å²) in [5.41, 5.74) is 1.48. The molecule has 1 N–H and O–H groups in total. The number of carbonyl (C=O) groups is 2. The first-order chi connectivity index (χ1) is 18.3. The zero-order valence-electron chi connectivity index (χ0n) is 23.9. The van der Waals surface area contributed by atoms with Crippen LogP contribution in [0.5, 0.6) is 5.75 Å². The smallest absolute Gasteiger partial charge is 0.330 e. The largest absolute Gasteiger partial charge is 0.469 e. The van der Waals surface area contributed by atoms with E-state index in [-0.39, 0.29) is 24.0 Å². The van der Waals surface area contributed by atoms with Crippen molar-refractivity contribution in [1.82, 2.24) is 15.1 Å². The molecular formula is C31H45N3O4. The SMILES string of the molecule is CCCN(C(=O)N1C(=O)C(CC)(CC)[C@@H]1Oc1ccc(C(C)NCCCOC)cc1)[C@H](C)c1ccccc1. The molecule has 0 aromatic heterocycles. The summed E-state index contributed by atoms with van der Waals surface area (Å²) in [7, 11) is 1.71. The topological polar surface area (TPSA) is 71.1 Å². The van der Waals surface area contributed by atoms with E-state index in [1.807, 2.05) is 82.3 Å². The molecule has 1 aliphatic heterocycles. The number of carbonyl (C=O) groups excluding carboxylic acids is 2. The highest BCUT2D eigenvalue weighted by atomic mass is 16.5. The van der Waals surface area contributed by atoms with E-state index in [2.05, 4.69) is 12.2 Å². The second kappa shape index (κ2) is 13.8. The van der Waals surface area contributed by atoms with E-state index in [4.69, 9.17) is 9.47 Å². The number of hydrogen-bond acceptors (Lipinski definition) is 5. The van der Waals surface area contributed by atoms with Crippen LogP contribution in [0.3, 0.4) is 0 Å². The zero-order valence-corrected chi connectivity index (χ0v) is 23.9. The fraction of sp³-hybridized carbons (Fsp3) is 0.548. The average Bonchev–Trinajstić information content (AvgIpc) is 2.95. The molecule has 0 aliphatic carbocycles. The monoisotopic (exact) mass is 523 g/mol. The van der Waals surface area contributed by atoms with Crippen molar-refractivity contribution in [3.05, 3.63) is 65.7 Å². The Hall–Kier alpha value is -2.90. The van der Waals surface area contributed by atoms with Gasteiger partial charge in [0.1, 0.15) is 11.2 Å². The van der Waals surface area contributed by atoms with Crippen molar-refractivity contribution < 1.29 is 19.1 Å². The van der Waals surface area contributed by atoms with Gasteiger partial charge in [0.05, 0.1) is 6.04 Å². The summed E-state index contributed by atoms with van der Waals surface area (Å²) in [5.74, 6) is 0.504. The van der Waals surface area contributed by atoms with E-state index in [0.717, 1.165) is 37.1 Å². The van der Waals surface area contributed by atoms with Crippen LogP contribution in [0.4, 0.5) is 4.79 Å². The van der Waals surface area contributed by atoms with E-state index in [9.17, 15) is 9.59 Å². The third-order valence-corrected chi connectivity index (χ3v) is 7.88. The van der Waals surface area contributed by atoms with Gasteiger partial charge in [-0.3, -0.25) is 4.79 Å². The van der Waals surface area contributed by atoms with Gasteiger partial charge in [0.25, 0.3) is 0 Å². The Morgan fingerprint density at radius 1 is 1.03 bits per heavy atom. The van der Waals surface area contributed by atoms with E-state index < -0.39 is 11.6 Å². The lowest BCUT2D eigenvalue weighted by atomic mass is 9.72. The van der Waals surface area contributed by atoms with Crippen LogP contribution in [0.1, 0.15) is 83.5 Å². The van der Waals surface area contributed by atoms with Gasteiger partial charge in [0.2, 0.25) is 5.91 Å². The summed E-state index contributed by atoms with van der Waals surface area (Å²) in [5, 5.41) is 3.50. The summed E-state index contributed by atoms with van der Waals surface area (Å²) in [4.78, 5) is 30.5. The first kappa shape index (κ1) is 29.7. The minimum Gasteiger partial charge on any atom is -0.469 e. The highest BCUT2D eigenvalue weighted by Gasteiger charge is 2.63. The van der Waals surface area contributed by atoms with Gasteiger partial charge in [-0.1, -0.05) is 63.2 Å². The Bertz CT molecular complexity index is 1020. The molecule has 3 amide bonds. The first-order valence-corrected chi connectivity index (χ1v) is 14.0. The fourth-order valence-electron chi connectivity index (χ4n) is 5.25. The van der Waals surface area contributed by atoms with Crippen LogP contribution in [0, 0.1) is 5.41 Å². The van der Waals surface area contributed by atoms with Crippen LogP contribution in [-0.2, 0) is 9.53 Å². The third kappa shape index (κ3) is 6.21. The Balaban J connectivity index is 1.79. The molecule has 1 unspecified atom stereocenters. The van der Waals surface area contributed by atoms with Crippen molar-refractivity contribution in [2.45, 2.75) is 78.6 Å². The lowest BCUT2D eigenvalue weighted by Crippen LogP contribution is -2.74. The van der Waals surface area contributed by atoms with Crippen LogP contribution >= 0.6 is 0 Å². The van der Waals surface area contributed by atoms with Crippen LogP contribution < -0.4 is 10.1 Å². The molecular weight excluding hydrogens is 478 g/mol. The molecule has 1 saturated heterocycles. The van der Waals surface area contributed by atoms with Crippen molar-refractivity contribution in [2.24, 2.45) is 5.41 Å². The van der Waals surface area contributed by atoms with Crippen molar-refractivity contribution >= 4 is 11.9 Å². The number of likely N-dealkylation sites (tertiary alicyclic amines) is 1. The molecule has 208 valence electrons. The average molecular weight is 524 g/mol. The number of methoxy groups -OCH3 is 1. The number of urea groups is 1. The maximum atomic E-state index is 13.9. The van der Waals surface area contributed by atoms with Crippen LogP contribution in [0.25, 0.3) is 0 Å². The molecule has 38 heavy (non-hydrogen) atoms. The lowest BCUT2D eigenvalue weighted by Gasteiger charge is -2.54. The first-order valence-electron chi connectivity index (χ1n) is 14.0. The highest BCUT2D eigenvalue weighted by Crippen LogP contribution is 2.47. The molecule has 7 heteroatoms. The van der Waals surface area contributed by atoms with E-state index >= 15 is 0 Å². The Morgan fingerprint density at radius 3 is 2.26 bits per heavy atom. The van der Waals surface area contributed by atoms with E-state index in [0.29, 0.717) is 25.1 Å². The molecule has 3 atom stereocenters. The zero-order chi connectivity index (χ0) is 27.7. The number of amides is 3. The molecule has 0 spiro atoms. The summed E-state index contributed by atoms with van der Waals surface area (Å²) < 4.78 is 11.6. The molecule has 1 fully saturated rings. The molecule has 1 aliphatic rings. The maximum Gasteiger partial charge on any atom is 0.330 e. The normalized spacial score (nSPS) is 18.0. The number of hydrogen-bond donors (Lipinski definition) is 1. The van der Waals surface area contributed by atoms with Crippen molar-refractivity contribution in [2.75, 3.05) is 26.8 Å². The van der Waals surface area contributed by atoms with E-state index in [1.54, 1.807) is 12.0 Å². The van der Waals surface area contributed by atoms with Crippen molar-refractivity contribution in [3.8, 4) is 5.75 Å². The standard InChI is InChI=1S/C31H45N3O4/c1-7-21-33(24(5)26-14-11-10-12-15-26)30(36)34-28(35)31(8-2,9-3)29(34)38-27-18-16-25(17-19-27)23(4)32-20-13-22-37-6/h10-12,14-19,23-24,29,32H,7-9,13,20-22H2,1-6H3/t23?,24-,29+/m1/s1. The molecule has 0 radical (unpaired) electrons. The van der Waals surface area contributed by atoms with Crippen molar-refractivity contribution in [1.29, 1.82) is 0 Å². The molecule has 2 aromatic carbocycles. The molecule has 0 saturated carbocycles. The summed E-state index contributed by atoms with van der Waals surface area (Å²) >= 11 is 0. The molecule has 3 rings (SSSR count). The number of imide groups is 1. The van der Waals surface area contributed by atoms with Gasteiger partial charge in [0.15, 0.2) is 6.23 Å². The van der Waals surface area contributed by atoms with E-state index in [1.165, 1.54) is 4.90 Å². The summed E-state index contributed by atoms with van der Waals surface area (Å²) in [6.07, 6.45) is 2.33. The van der Waals surface area contributed by atoms with Gasteiger partial charge in [-0.2, -0.15) is 0 Å². The van der Waals surface area contributed by atoms with Crippen molar-refractivity contribution in [3.63, 3.8) is 0 Å². The summed E-state index contributed by atoms with van der Waals surface area (Å²) in [6.45, 7) is 12.3. The number of benzene rings is 2. The van der Waals surface area contributed by atoms with Gasteiger partial charge in [-0.25, -0.2) is 9.69 Å². The third-order valence-electron chi connectivity index (χ3n) is 7.88. The number of nitrogens with one attached hydrogen (secondary N) is 1. The molecule has 1 heterocycles. The van der Waals surface area contributed by atoms with Crippen LogP contribution in [-0.4, -0.2) is 54.8 Å². The second-order valence-electron chi connectivity index (χ2n) is 10.2. The predicted molar refractivity (Wildman–Crippen MR) is 151 cm³/mol. The molecule has 2 aromatic rings. The second-order valence-corrected chi connectivity index (χ2v) is 10.2.